The van der Waals surface area contributed by atoms with Crippen LogP contribution in [0, 0.1) is 0 Å². The number of hydrogen-bond donors (Lipinski definition) is 1. The Kier molecular flexibility index (Phi) is 3.69. The van der Waals surface area contributed by atoms with E-state index in [2.05, 4.69) is 51.6 Å². The molecule has 78 valence electrons. The predicted octanol–water partition coefficient (Wildman–Crippen LogP) is 2.06. The highest BCUT2D eigenvalue weighted by Gasteiger charge is 2.14. The fraction of sp³-hybridized carbons (Fsp3) is 0.556. The van der Waals surface area contributed by atoms with E-state index in [-0.39, 0.29) is 0 Å². The lowest BCUT2D eigenvalue weighted by Crippen LogP contribution is -2.31. The van der Waals surface area contributed by atoms with Crippen molar-refractivity contribution in [3.63, 3.8) is 0 Å². The summed E-state index contributed by atoms with van der Waals surface area (Å²) < 4.78 is 0.774. The molecule has 1 rings (SSSR count). The van der Waals surface area contributed by atoms with Gasteiger partial charge in [-0.2, -0.15) is 0 Å². The number of nitrogen functional groups attached to an aromatic ring is 1. The first-order valence-electron chi connectivity index (χ1n) is 4.60. The number of nitrogens with two attached hydrogens (primary N) is 1. The molecule has 0 amide bonds. The van der Waals surface area contributed by atoms with Crippen LogP contribution < -0.4 is 10.6 Å². The Bertz CT molecular complexity index is 314. The van der Waals surface area contributed by atoms with Crippen molar-refractivity contribution < 1.29 is 0 Å². The molecule has 0 saturated carbocycles. The average Bonchev–Trinajstić information content (AvgIpc) is 2.13. The van der Waals surface area contributed by atoms with Gasteiger partial charge in [-0.25, -0.2) is 9.97 Å². The minimum atomic E-state index is 0.394. The first-order valence-corrected chi connectivity index (χ1v) is 5.39. The molecule has 0 spiro atoms. The normalized spacial score (nSPS) is 10.6. The van der Waals surface area contributed by atoms with Crippen LogP contribution in [0.2, 0.25) is 0 Å². The molecular weight excluding hydrogens is 244 g/mol. The smallest absolute Gasteiger partial charge is 0.148 e. The van der Waals surface area contributed by atoms with Crippen molar-refractivity contribution in [1.82, 2.24) is 9.97 Å². The summed E-state index contributed by atoms with van der Waals surface area (Å²) in [5.74, 6) is 1.34. The van der Waals surface area contributed by atoms with Crippen LogP contribution in [-0.4, -0.2) is 22.6 Å². The average molecular weight is 259 g/mol. The van der Waals surface area contributed by atoms with Crippen molar-refractivity contribution in [3.8, 4) is 0 Å². The van der Waals surface area contributed by atoms with Crippen LogP contribution in [0.25, 0.3) is 0 Å². The molecule has 0 fully saturated rings. The lowest BCUT2D eigenvalue weighted by molar-refractivity contribution is 0.690. The molecule has 0 aromatic carbocycles. The second-order valence-electron chi connectivity index (χ2n) is 3.28. The minimum absolute atomic E-state index is 0.394. The third kappa shape index (κ3) is 2.15. The highest BCUT2D eigenvalue weighted by Crippen LogP contribution is 2.28. The summed E-state index contributed by atoms with van der Waals surface area (Å²) >= 11 is 3.40. The molecule has 0 saturated heterocycles. The van der Waals surface area contributed by atoms with Gasteiger partial charge in [0.1, 0.15) is 22.4 Å². The number of hydrogen-bond acceptors (Lipinski definition) is 4. The van der Waals surface area contributed by atoms with Gasteiger partial charge >= 0.3 is 0 Å². The Labute approximate surface area is 92.7 Å². The fourth-order valence-corrected chi connectivity index (χ4v) is 1.77. The predicted molar refractivity (Wildman–Crippen MR) is 62.3 cm³/mol. The third-order valence-electron chi connectivity index (χ3n) is 2.03. The van der Waals surface area contributed by atoms with Crippen molar-refractivity contribution in [2.45, 2.75) is 26.8 Å². The number of rotatable bonds is 3. The summed E-state index contributed by atoms with van der Waals surface area (Å²) in [6, 6.07) is 0.394. The zero-order valence-electron chi connectivity index (χ0n) is 8.66. The van der Waals surface area contributed by atoms with E-state index in [1.165, 1.54) is 6.33 Å². The second-order valence-corrected chi connectivity index (χ2v) is 4.07. The largest absolute Gasteiger partial charge is 0.383 e. The maximum absolute atomic E-state index is 5.69. The van der Waals surface area contributed by atoms with E-state index < -0.39 is 0 Å². The molecule has 14 heavy (non-hydrogen) atoms. The molecule has 2 N–H and O–H groups in total. The molecule has 1 aromatic heterocycles. The van der Waals surface area contributed by atoms with Crippen LogP contribution in [0.1, 0.15) is 20.8 Å². The summed E-state index contributed by atoms with van der Waals surface area (Å²) in [5, 5.41) is 0. The van der Waals surface area contributed by atoms with Gasteiger partial charge in [-0.3, -0.25) is 0 Å². The van der Waals surface area contributed by atoms with Gasteiger partial charge in [-0.05, 0) is 36.7 Å². The van der Waals surface area contributed by atoms with E-state index in [0.29, 0.717) is 11.9 Å². The van der Waals surface area contributed by atoms with Gasteiger partial charge in [0.15, 0.2) is 0 Å². The molecule has 0 aliphatic carbocycles. The van der Waals surface area contributed by atoms with E-state index in [1.54, 1.807) is 0 Å². The van der Waals surface area contributed by atoms with Gasteiger partial charge < -0.3 is 10.6 Å². The number of anilines is 2. The third-order valence-corrected chi connectivity index (χ3v) is 2.80. The minimum Gasteiger partial charge on any atom is -0.383 e. The lowest BCUT2D eigenvalue weighted by Gasteiger charge is -2.27. The van der Waals surface area contributed by atoms with Crippen LogP contribution in [0.3, 0.4) is 0 Å². The van der Waals surface area contributed by atoms with Crippen molar-refractivity contribution >= 4 is 27.6 Å². The Morgan fingerprint density at radius 3 is 2.64 bits per heavy atom. The summed E-state index contributed by atoms with van der Waals surface area (Å²) in [7, 11) is 0. The van der Waals surface area contributed by atoms with Crippen molar-refractivity contribution in [3.05, 3.63) is 10.8 Å². The van der Waals surface area contributed by atoms with Crippen LogP contribution in [-0.2, 0) is 0 Å². The first kappa shape index (κ1) is 11.2. The van der Waals surface area contributed by atoms with Gasteiger partial charge in [0, 0.05) is 12.6 Å². The molecule has 0 radical (unpaired) electrons. The SMILES string of the molecule is CCN(c1ncnc(N)c1Br)C(C)C. The van der Waals surface area contributed by atoms with E-state index >= 15 is 0 Å². The molecule has 4 nitrogen and oxygen atoms in total. The molecular formula is C9H15BrN4. The van der Waals surface area contributed by atoms with Gasteiger partial charge in [-0.15, -0.1) is 0 Å². The number of aromatic nitrogens is 2. The molecule has 1 aromatic rings. The zero-order chi connectivity index (χ0) is 10.7. The molecule has 1 heterocycles. The molecule has 0 aliphatic rings. The Balaban J connectivity index is 3.10. The van der Waals surface area contributed by atoms with Crippen LogP contribution in [0.5, 0.6) is 0 Å². The molecule has 0 bridgehead atoms. The van der Waals surface area contributed by atoms with Crippen LogP contribution >= 0.6 is 15.9 Å². The summed E-state index contributed by atoms with van der Waals surface area (Å²) in [6.07, 6.45) is 1.49. The molecule has 5 heteroatoms. The quantitative estimate of drug-likeness (QED) is 0.902. The summed E-state index contributed by atoms with van der Waals surface area (Å²) in [4.78, 5) is 10.3. The van der Waals surface area contributed by atoms with Crippen molar-refractivity contribution in [2.75, 3.05) is 17.2 Å². The molecule has 0 unspecified atom stereocenters. The second kappa shape index (κ2) is 4.59. The van der Waals surface area contributed by atoms with Crippen LogP contribution in [0.4, 0.5) is 11.6 Å². The Morgan fingerprint density at radius 2 is 2.14 bits per heavy atom. The number of nitrogens with zero attached hydrogens (tertiary/aromatic N) is 3. The van der Waals surface area contributed by atoms with Crippen molar-refractivity contribution in [2.24, 2.45) is 0 Å². The molecule has 0 atom stereocenters. The standard InChI is InChI=1S/C9H15BrN4/c1-4-14(6(2)3)9-7(10)8(11)12-5-13-9/h5-6H,4H2,1-3H3,(H2,11,12,13). The Morgan fingerprint density at radius 1 is 1.50 bits per heavy atom. The fourth-order valence-electron chi connectivity index (χ4n) is 1.33. The highest BCUT2D eigenvalue weighted by molar-refractivity contribution is 9.10. The van der Waals surface area contributed by atoms with Gasteiger partial charge in [0.05, 0.1) is 0 Å². The van der Waals surface area contributed by atoms with Gasteiger partial charge in [-0.1, -0.05) is 0 Å². The maximum atomic E-state index is 5.69. The van der Waals surface area contributed by atoms with Crippen LogP contribution in [0.15, 0.2) is 10.8 Å². The topological polar surface area (TPSA) is 55.0 Å². The van der Waals surface area contributed by atoms with Gasteiger partial charge in [0.25, 0.3) is 0 Å². The van der Waals surface area contributed by atoms with E-state index in [9.17, 15) is 0 Å². The lowest BCUT2D eigenvalue weighted by atomic mass is 10.3. The van der Waals surface area contributed by atoms with Crippen molar-refractivity contribution in [1.29, 1.82) is 0 Å². The van der Waals surface area contributed by atoms with Gasteiger partial charge in [0.2, 0.25) is 0 Å². The van der Waals surface area contributed by atoms with E-state index in [4.69, 9.17) is 5.73 Å². The van der Waals surface area contributed by atoms with E-state index in [1.807, 2.05) is 0 Å². The summed E-state index contributed by atoms with van der Waals surface area (Å²) in [5.41, 5.74) is 5.69. The zero-order valence-corrected chi connectivity index (χ0v) is 10.2. The highest BCUT2D eigenvalue weighted by atomic mass is 79.9. The Hall–Kier alpha value is -0.840. The summed E-state index contributed by atoms with van der Waals surface area (Å²) in [6.45, 7) is 7.22. The monoisotopic (exact) mass is 258 g/mol. The maximum Gasteiger partial charge on any atom is 0.148 e. The molecule has 0 aliphatic heterocycles. The number of halogens is 1. The van der Waals surface area contributed by atoms with E-state index in [0.717, 1.165) is 16.8 Å². The first-order chi connectivity index (χ1) is 6.57.